The number of hydrogen-bond acceptors (Lipinski definition) is 15. The summed E-state index contributed by atoms with van der Waals surface area (Å²) in [5.41, 5.74) is 1.87. The number of aromatic nitrogens is 1. The Bertz CT molecular complexity index is 1940. The number of piperazine rings is 1. The number of halogens is 2. The molecule has 2 N–H and O–H groups in total. The summed E-state index contributed by atoms with van der Waals surface area (Å²) in [6, 6.07) is 7.79. The summed E-state index contributed by atoms with van der Waals surface area (Å²) >= 11 is 0. The van der Waals surface area contributed by atoms with E-state index in [0.29, 0.717) is 102 Å². The van der Waals surface area contributed by atoms with E-state index in [1.54, 1.807) is 12.1 Å². The molecule has 3 aliphatic rings. The molecule has 0 aliphatic carbocycles. The summed E-state index contributed by atoms with van der Waals surface area (Å²) in [4.78, 5) is 98.3. The molecule has 1 aromatic carbocycles. The molecule has 63 heavy (non-hydrogen) atoms. The molecule has 0 spiro atoms. The van der Waals surface area contributed by atoms with Crippen LogP contribution in [0, 0.1) is 11.3 Å². The molecule has 1 atom stereocenters. The number of carbonyl (C=O) groups is 5. The van der Waals surface area contributed by atoms with Crippen molar-refractivity contribution < 1.29 is 52.6 Å². The van der Waals surface area contributed by atoms with E-state index in [0.717, 1.165) is 23.6 Å². The van der Waals surface area contributed by atoms with Gasteiger partial charge in [-0.3, -0.25) is 48.6 Å². The zero-order valence-electron chi connectivity index (χ0n) is 36.0. The van der Waals surface area contributed by atoms with E-state index in [1.807, 2.05) is 51.9 Å². The lowest BCUT2D eigenvalue weighted by molar-refractivity contribution is -0.191. The maximum atomic E-state index is 13.9. The highest BCUT2D eigenvalue weighted by atomic mass is 19.3. The van der Waals surface area contributed by atoms with Crippen LogP contribution in [-0.2, 0) is 28.8 Å². The third-order valence-electron chi connectivity index (χ3n) is 11.6. The first-order valence-electron chi connectivity index (χ1n) is 21.0. The minimum absolute atomic E-state index is 0.00472. The normalized spacial score (nSPS) is 19.8. The van der Waals surface area contributed by atoms with Gasteiger partial charge in [0.1, 0.15) is 6.04 Å². The molecule has 3 fully saturated rings. The number of fused-ring (bicyclic) bond motifs is 1. The van der Waals surface area contributed by atoms with Crippen molar-refractivity contribution in [1.29, 1.82) is 5.26 Å². The Labute approximate surface area is 365 Å². The van der Waals surface area contributed by atoms with Crippen LogP contribution in [0.3, 0.4) is 0 Å². The smallest absolute Gasteiger partial charge is 0.373 e. The van der Waals surface area contributed by atoms with Crippen molar-refractivity contribution >= 4 is 52.3 Å². The third-order valence-corrected chi connectivity index (χ3v) is 11.6. The molecule has 2 aromatic rings. The summed E-state index contributed by atoms with van der Waals surface area (Å²) in [5.74, 6) is -5.90. The number of amides is 2. The predicted molar refractivity (Wildman–Crippen MR) is 224 cm³/mol. The molecule has 344 valence electrons. The molecule has 1 aromatic heterocycles. The van der Waals surface area contributed by atoms with Gasteiger partial charge in [0.2, 0.25) is 11.8 Å². The van der Waals surface area contributed by atoms with Crippen LogP contribution in [-0.4, -0.2) is 229 Å². The van der Waals surface area contributed by atoms with Crippen LogP contribution in [0.15, 0.2) is 30.5 Å². The molecule has 19 nitrogen and oxygen atoms in total. The first-order chi connectivity index (χ1) is 30.0. The maximum absolute atomic E-state index is 13.9. The summed E-state index contributed by atoms with van der Waals surface area (Å²) in [6.07, 6.45) is 1.44. The average molecular weight is 885 g/mol. The molecule has 21 heteroatoms. The standard InChI is InChI=1S/C41H58F2N10O7.CO2/c1-46-12-14-50(28-39(57)58)18-16-49(17-19-51(15-13-46)29-40(59)60)27-38(56)52-22-20-48(21-23-52)11-3-10-47(2)31-4-5-35-34(24-31)33(8-9-45-35)36(54)6-7-37(55)53-30-41(42,43)25-32(53)26-44;2-1-3/h4-5,8-9,24,32H,3,6-7,10-23,25,27-30H2,1-2H3,(H,57,58)(H,59,60);/t32-;/m0./s1. The van der Waals surface area contributed by atoms with Gasteiger partial charge in [0.15, 0.2) is 5.78 Å². The van der Waals surface area contributed by atoms with E-state index in [-0.39, 0.29) is 50.3 Å². The monoisotopic (exact) mass is 884 g/mol. The van der Waals surface area contributed by atoms with Crippen LogP contribution in [0.1, 0.15) is 36.0 Å². The van der Waals surface area contributed by atoms with Gasteiger partial charge in [-0.2, -0.15) is 14.9 Å². The Morgan fingerprint density at radius 1 is 0.810 bits per heavy atom. The number of nitrogens with zero attached hydrogens (tertiary/aromatic N) is 10. The largest absolute Gasteiger partial charge is 0.480 e. The van der Waals surface area contributed by atoms with Crippen LogP contribution in [0.4, 0.5) is 14.5 Å². The average Bonchev–Trinajstić information content (AvgIpc) is 3.57. The Balaban J connectivity index is 0.00000282. The number of ketones is 1. The van der Waals surface area contributed by atoms with Crippen molar-refractivity contribution in [2.75, 3.05) is 137 Å². The first kappa shape index (κ1) is 50.2. The number of aliphatic carboxylic acids is 2. The number of carboxylic acids is 2. The molecule has 3 aliphatic heterocycles. The minimum atomic E-state index is -3.13. The Morgan fingerprint density at radius 2 is 1.37 bits per heavy atom. The predicted octanol–water partition coefficient (Wildman–Crippen LogP) is 0.365. The van der Waals surface area contributed by atoms with Crippen molar-refractivity contribution in [3.8, 4) is 6.07 Å². The van der Waals surface area contributed by atoms with Gasteiger partial charge in [0, 0.05) is 134 Å². The van der Waals surface area contributed by atoms with Gasteiger partial charge in [-0.05, 0) is 44.3 Å². The molecular weight excluding hydrogens is 827 g/mol. The number of pyridine rings is 1. The fourth-order valence-corrected chi connectivity index (χ4v) is 7.97. The lowest BCUT2D eigenvalue weighted by Crippen LogP contribution is -2.53. The minimum Gasteiger partial charge on any atom is -0.480 e. The van der Waals surface area contributed by atoms with Gasteiger partial charge in [-0.1, -0.05) is 0 Å². The highest BCUT2D eigenvalue weighted by molar-refractivity contribution is 6.08. The Morgan fingerprint density at radius 3 is 1.94 bits per heavy atom. The fraction of sp³-hybridized carbons (Fsp3) is 0.619. The van der Waals surface area contributed by atoms with E-state index in [9.17, 15) is 48.2 Å². The molecule has 5 rings (SSSR count). The topological polar surface area (TPSA) is 223 Å². The van der Waals surface area contributed by atoms with Gasteiger partial charge in [-0.15, -0.1) is 0 Å². The number of Topliss-reactive ketones (excluding diaryl/α,β-unsaturated/α-hetero) is 1. The fourth-order valence-electron chi connectivity index (χ4n) is 7.97. The van der Waals surface area contributed by atoms with Crippen LogP contribution in [0.25, 0.3) is 10.9 Å². The molecule has 2 amide bonds. The van der Waals surface area contributed by atoms with E-state index < -0.39 is 42.8 Å². The second-order valence-corrected chi connectivity index (χ2v) is 16.2. The molecular formula is C42H58F2N10O9. The first-order valence-corrected chi connectivity index (χ1v) is 21.0. The van der Waals surface area contributed by atoms with E-state index in [4.69, 9.17) is 9.59 Å². The number of anilines is 1. The van der Waals surface area contributed by atoms with Crippen LogP contribution < -0.4 is 4.90 Å². The SMILES string of the molecule is CN1CCN(CC(=O)O)CCN(CC(=O)N2CCN(CCCN(C)c3ccc4nccc(C(=O)CCC(=O)N5CC(F)(F)C[C@H]5C#N)c4c3)CC2)CCN(CC(=O)O)CC1.O=C=O. The summed E-state index contributed by atoms with van der Waals surface area (Å²) in [6.45, 7) is 7.60. The van der Waals surface area contributed by atoms with Gasteiger partial charge in [0.25, 0.3) is 5.92 Å². The van der Waals surface area contributed by atoms with Gasteiger partial charge in [-0.25, -0.2) is 8.78 Å². The van der Waals surface area contributed by atoms with Crippen molar-refractivity contribution in [2.45, 2.75) is 37.6 Å². The number of benzene rings is 1. The molecule has 0 saturated carbocycles. The lowest BCUT2D eigenvalue weighted by atomic mass is 10.0. The zero-order valence-corrected chi connectivity index (χ0v) is 36.0. The lowest BCUT2D eigenvalue weighted by Gasteiger charge is -2.37. The van der Waals surface area contributed by atoms with Crippen molar-refractivity contribution in [3.63, 3.8) is 0 Å². The highest BCUT2D eigenvalue weighted by Crippen LogP contribution is 2.32. The summed E-state index contributed by atoms with van der Waals surface area (Å²) in [7, 11) is 3.90. The van der Waals surface area contributed by atoms with E-state index in [2.05, 4.69) is 19.7 Å². The number of alkyl halides is 2. The van der Waals surface area contributed by atoms with Crippen LogP contribution >= 0.6 is 0 Å². The number of rotatable bonds is 15. The number of hydrogen-bond donors (Lipinski definition) is 2. The third kappa shape index (κ3) is 16.0. The second-order valence-electron chi connectivity index (χ2n) is 16.2. The van der Waals surface area contributed by atoms with Crippen molar-refractivity contribution in [1.82, 2.24) is 39.3 Å². The van der Waals surface area contributed by atoms with Gasteiger partial charge < -0.3 is 29.8 Å². The van der Waals surface area contributed by atoms with Crippen LogP contribution in [0.5, 0.6) is 0 Å². The maximum Gasteiger partial charge on any atom is 0.373 e. The zero-order chi connectivity index (χ0) is 46.1. The quantitative estimate of drug-likeness (QED) is 0.231. The van der Waals surface area contributed by atoms with E-state index >= 15 is 0 Å². The molecule has 0 unspecified atom stereocenters. The Kier molecular flexibility index (Phi) is 19.4. The Hall–Kier alpha value is -5.49. The summed E-state index contributed by atoms with van der Waals surface area (Å²) in [5, 5.41) is 28.8. The number of nitriles is 1. The van der Waals surface area contributed by atoms with Crippen molar-refractivity contribution in [3.05, 3.63) is 36.0 Å². The van der Waals surface area contributed by atoms with Gasteiger partial charge >= 0.3 is 18.1 Å². The number of carbonyl (C=O) groups excluding carboxylic acids is 5. The molecule has 3 saturated heterocycles. The van der Waals surface area contributed by atoms with E-state index in [1.165, 1.54) is 6.20 Å². The van der Waals surface area contributed by atoms with Crippen LogP contribution in [0.2, 0.25) is 0 Å². The molecule has 4 heterocycles. The number of likely N-dealkylation sites (N-methyl/N-ethyl adjacent to an activating group) is 1. The van der Waals surface area contributed by atoms with Crippen molar-refractivity contribution in [2.24, 2.45) is 0 Å². The molecule has 0 radical (unpaired) electrons. The number of carboxylic acid groups (broad SMARTS) is 2. The van der Waals surface area contributed by atoms with Gasteiger partial charge in [0.05, 0.1) is 37.8 Å². The number of likely N-dealkylation sites (tertiary alicyclic amines) is 1. The second kappa shape index (κ2) is 24.4. The molecule has 0 bridgehead atoms. The summed E-state index contributed by atoms with van der Waals surface area (Å²) < 4.78 is 27.7. The highest BCUT2D eigenvalue weighted by Gasteiger charge is 2.47.